The molecule has 0 aliphatic heterocycles. The second kappa shape index (κ2) is 4.19. The van der Waals surface area contributed by atoms with E-state index in [1.165, 1.54) is 22.3 Å². The zero-order valence-corrected chi connectivity index (χ0v) is 11.7. The molecule has 0 amide bonds. The molecule has 1 heterocycles. The number of benzene rings is 2. The molecule has 0 saturated carbocycles. The number of aromatic nitrogens is 3. The Morgan fingerprint density at radius 3 is 2.11 bits per heavy atom. The highest BCUT2D eigenvalue weighted by atomic mass is 15.4. The summed E-state index contributed by atoms with van der Waals surface area (Å²) in [4.78, 5) is 0. The Kier molecular flexibility index (Phi) is 2.63. The maximum Gasteiger partial charge on any atom is 0.113 e. The van der Waals surface area contributed by atoms with Gasteiger partial charge >= 0.3 is 0 Å². The molecule has 0 bridgehead atoms. The molecule has 3 heteroatoms. The first-order valence-electron chi connectivity index (χ1n) is 6.46. The molecule has 0 fully saturated rings. The van der Waals surface area contributed by atoms with Gasteiger partial charge in [0.2, 0.25) is 0 Å². The Morgan fingerprint density at radius 2 is 1.42 bits per heavy atom. The van der Waals surface area contributed by atoms with Crippen LogP contribution in [0.2, 0.25) is 0 Å². The Bertz CT molecular complexity index is 749. The molecule has 0 N–H and O–H groups in total. The highest BCUT2D eigenvalue weighted by Gasteiger charge is 2.08. The highest BCUT2D eigenvalue weighted by molar-refractivity contribution is 5.78. The third kappa shape index (κ3) is 2.01. The fraction of sp³-hybridized carbons (Fsp3) is 0.250. The van der Waals surface area contributed by atoms with Crippen LogP contribution in [-0.4, -0.2) is 15.0 Å². The lowest BCUT2D eigenvalue weighted by Crippen LogP contribution is -1.98. The van der Waals surface area contributed by atoms with Gasteiger partial charge in [-0.25, -0.2) is 4.68 Å². The zero-order valence-electron chi connectivity index (χ0n) is 11.7. The maximum absolute atomic E-state index is 4.30. The molecule has 1 aromatic heterocycles. The van der Waals surface area contributed by atoms with E-state index in [4.69, 9.17) is 0 Å². The van der Waals surface area contributed by atoms with Gasteiger partial charge in [0.25, 0.3) is 0 Å². The van der Waals surface area contributed by atoms with E-state index >= 15 is 0 Å². The van der Waals surface area contributed by atoms with Crippen LogP contribution in [0.5, 0.6) is 0 Å². The summed E-state index contributed by atoms with van der Waals surface area (Å²) in [5.41, 5.74) is 8.07. The summed E-state index contributed by atoms with van der Waals surface area (Å²) in [6.07, 6.45) is 0. The van der Waals surface area contributed by atoms with Crippen molar-refractivity contribution in [2.45, 2.75) is 27.7 Å². The Morgan fingerprint density at radius 1 is 0.789 bits per heavy atom. The summed E-state index contributed by atoms with van der Waals surface area (Å²) in [5.74, 6) is 0. The average Bonchev–Trinajstić information content (AvgIpc) is 2.71. The Labute approximate surface area is 112 Å². The summed E-state index contributed by atoms with van der Waals surface area (Å²) < 4.78 is 1.92. The van der Waals surface area contributed by atoms with E-state index in [1.54, 1.807) is 0 Å². The van der Waals surface area contributed by atoms with Crippen molar-refractivity contribution in [3.8, 4) is 5.69 Å². The molecule has 0 unspecified atom stereocenters. The van der Waals surface area contributed by atoms with E-state index in [9.17, 15) is 0 Å². The lowest BCUT2D eigenvalue weighted by atomic mass is 10.1. The lowest BCUT2D eigenvalue weighted by molar-refractivity contribution is 0.822. The van der Waals surface area contributed by atoms with Crippen LogP contribution in [0.1, 0.15) is 22.3 Å². The standard InChI is InChI=1S/C16H17N3/c1-10-5-11(2)7-14(6-10)19-16-9-13(4)12(3)8-15(16)17-18-19/h5-9H,1-4H3. The fourth-order valence-corrected chi connectivity index (χ4v) is 2.44. The first-order chi connectivity index (χ1) is 9.04. The van der Waals surface area contributed by atoms with Crippen LogP contribution in [0.4, 0.5) is 0 Å². The first kappa shape index (κ1) is 11.9. The topological polar surface area (TPSA) is 30.7 Å². The quantitative estimate of drug-likeness (QED) is 0.661. The van der Waals surface area contributed by atoms with Gasteiger partial charge in [-0.1, -0.05) is 11.3 Å². The molecular formula is C16H17N3. The number of hydrogen-bond acceptors (Lipinski definition) is 2. The molecule has 96 valence electrons. The molecule has 0 saturated heterocycles. The minimum absolute atomic E-state index is 0.947. The van der Waals surface area contributed by atoms with Crippen molar-refractivity contribution in [3.63, 3.8) is 0 Å². The van der Waals surface area contributed by atoms with Gasteiger partial charge in [-0.15, -0.1) is 5.10 Å². The van der Waals surface area contributed by atoms with E-state index < -0.39 is 0 Å². The smallest absolute Gasteiger partial charge is 0.113 e. The SMILES string of the molecule is Cc1cc(C)cc(-n2nnc3cc(C)c(C)cc32)c1. The third-order valence-electron chi connectivity index (χ3n) is 3.51. The van der Waals surface area contributed by atoms with Gasteiger partial charge in [0, 0.05) is 0 Å². The first-order valence-corrected chi connectivity index (χ1v) is 6.46. The lowest BCUT2D eigenvalue weighted by Gasteiger charge is -2.06. The minimum atomic E-state index is 0.947. The number of hydrogen-bond donors (Lipinski definition) is 0. The summed E-state index contributed by atoms with van der Waals surface area (Å²) >= 11 is 0. The van der Waals surface area contributed by atoms with E-state index in [2.05, 4.69) is 68.3 Å². The minimum Gasteiger partial charge on any atom is -0.213 e. The van der Waals surface area contributed by atoms with Crippen LogP contribution >= 0.6 is 0 Å². The summed E-state index contributed by atoms with van der Waals surface area (Å²) in [6, 6.07) is 10.7. The van der Waals surface area contributed by atoms with Gasteiger partial charge in [0.1, 0.15) is 5.52 Å². The van der Waals surface area contributed by atoms with Crippen LogP contribution in [0.15, 0.2) is 30.3 Å². The molecule has 3 rings (SSSR count). The van der Waals surface area contributed by atoms with Crippen molar-refractivity contribution in [1.29, 1.82) is 0 Å². The van der Waals surface area contributed by atoms with E-state index in [-0.39, 0.29) is 0 Å². The molecule has 3 nitrogen and oxygen atoms in total. The van der Waals surface area contributed by atoms with Gasteiger partial charge in [-0.05, 0) is 74.2 Å². The number of fused-ring (bicyclic) bond motifs is 1. The Balaban J connectivity index is 2.28. The van der Waals surface area contributed by atoms with Gasteiger partial charge in [-0.3, -0.25) is 0 Å². The van der Waals surface area contributed by atoms with Crippen LogP contribution in [0.25, 0.3) is 16.7 Å². The predicted octanol–water partition coefficient (Wildman–Crippen LogP) is 3.65. The Hall–Kier alpha value is -2.16. The van der Waals surface area contributed by atoms with Crippen LogP contribution in [-0.2, 0) is 0 Å². The van der Waals surface area contributed by atoms with Crippen molar-refractivity contribution in [2.75, 3.05) is 0 Å². The highest BCUT2D eigenvalue weighted by Crippen LogP contribution is 2.21. The van der Waals surface area contributed by atoms with Gasteiger partial charge in [-0.2, -0.15) is 0 Å². The van der Waals surface area contributed by atoms with Crippen LogP contribution in [0, 0.1) is 27.7 Å². The van der Waals surface area contributed by atoms with Gasteiger partial charge < -0.3 is 0 Å². The summed E-state index contributed by atoms with van der Waals surface area (Å²) in [6.45, 7) is 8.42. The van der Waals surface area contributed by atoms with Gasteiger partial charge in [0.05, 0.1) is 11.2 Å². The summed E-state index contributed by atoms with van der Waals surface area (Å²) in [7, 11) is 0. The van der Waals surface area contributed by atoms with E-state index in [0.717, 1.165) is 16.7 Å². The molecule has 0 spiro atoms. The average molecular weight is 251 g/mol. The fourth-order valence-electron chi connectivity index (χ4n) is 2.44. The number of nitrogens with zero attached hydrogens (tertiary/aromatic N) is 3. The van der Waals surface area contributed by atoms with E-state index in [1.807, 2.05) is 4.68 Å². The van der Waals surface area contributed by atoms with Crippen molar-refractivity contribution in [3.05, 3.63) is 52.6 Å². The summed E-state index contributed by atoms with van der Waals surface area (Å²) in [5, 5.41) is 8.57. The van der Waals surface area contributed by atoms with Crippen molar-refractivity contribution in [2.24, 2.45) is 0 Å². The van der Waals surface area contributed by atoms with Crippen molar-refractivity contribution in [1.82, 2.24) is 15.0 Å². The molecular weight excluding hydrogens is 234 g/mol. The van der Waals surface area contributed by atoms with Crippen LogP contribution < -0.4 is 0 Å². The van der Waals surface area contributed by atoms with Gasteiger partial charge in [0.15, 0.2) is 0 Å². The number of rotatable bonds is 1. The predicted molar refractivity (Wildman–Crippen MR) is 77.8 cm³/mol. The normalized spacial score (nSPS) is 11.2. The van der Waals surface area contributed by atoms with Crippen LogP contribution in [0.3, 0.4) is 0 Å². The molecule has 0 radical (unpaired) electrons. The molecule has 0 aliphatic rings. The number of aryl methyl sites for hydroxylation is 4. The zero-order chi connectivity index (χ0) is 13.6. The third-order valence-corrected chi connectivity index (χ3v) is 3.51. The second-order valence-corrected chi connectivity index (χ2v) is 5.27. The molecule has 0 aliphatic carbocycles. The molecule has 2 aromatic carbocycles. The van der Waals surface area contributed by atoms with E-state index in [0.29, 0.717) is 0 Å². The van der Waals surface area contributed by atoms with Crippen molar-refractivity contribution < 1.29 is 0 Å². The maximum atomic E-state index is 4.30. The second-order valence-electron chi connectivity index (χ2n) is 5.27. The largest absolute Gasteiger partial charge is 0.213 e. The molecule has 0 atom stereocenters. The molecule has 3 aromatic rings. The monoisotopic (exact) mass is 251 g/mol. The molecule has 19 heavy (non-hydrogen) atoms. The van der Waals surface area contributed by atoms with Crippen molar-refractivity contribution >= 4 is 11.0 Å².